The number of rotatable bonds is 4. The molecule has 6 nitrogen and oxygen atoms in total. The second kappa shape index (κ2) is 5.90. The van der Waals surface area contributed by atoms with Crippen LogP contribution < -0.4 is 4.74 Å². The molecule has 0 bridgehead atoms. The molecule has 1 aromatic heterocycles. The number of fused-ring (bicyclic) bond motifs is 1. The van der Waals surface area contributed by atoms with Crippen LogP contribution in [0.5, 0.6) is 5.75 Å². The predicted octanol–water partition coefficient (Wildman–Crippen LogP) is 1.04. The quantitative estimate of drug-likeness (QED) is 0.831. The van der Waals surface area contributed by atoms with Crippen molar-refractivity contribution >= 4 is 10.0 Å². The molecule has 7 heteroatoms. The molecule has 3 atom stereocenters. The summed E-state index contributed by atoms with van der Waals surface area (Å²) < 4.78 is 37.7. The minimum Gasteiger partial charge on any atom is -0.486 e. The zero-order chi connectivity index (χ0) is 14.9. The van der Waals surface area contributed by atoms with E-state index in [2.05, 4.69) is 4.98 Å². The van der Waals surface area contributed by atoms with Gasteiger partial charge in [0.25, 0.3) is 0 Å². The fourth-order valence-corrected chi connectivity index (χ4v) is 4.43. The zero-order valence-electron chi connectivity index (χ0n) is 12.0. The van der Waals surface area contributed by atoms with Gasteiger partial charge in [-0.2, -0.15) is 4.31 Å². The maximum atomic E-state index is 12.2. The van der Waals surface area contributed by atoms with Crippen LogP contribution in [0, 0.1) is 0 Å². The first-order valence-corrected chi connectivity index (χ1v) is 8.90. The van der Waals surface area contributed by atoms with Gasteiger partial charge in [0.05, 0.1) is 24.6 Å². The van der Waals surface area contributed by atoms with Gasteiger partial charge in [0.2, 0.25) is 10.0 Å². The molecule has 1 saturated carbocycles. The summed E-state index contributed by atoms with van der Waals surface area (Å²) in [7, 11) is -3.19. The van der Waals surface area contributed by atoms with Crippen LogP contribution in [0.1, 0.15) is 19.8 Å². The van der Waals surface area contributed by atoms with Crippen LogP contribution in [-0.4, -0.2) is 54.9 Å². The molecule has 21 heavy (non-hydrogen) atoms. The van der Waals surface area contributed by atoms with Crippen LogP contribution in [-0.2, 0) is 14.8 Å². The Balaban J connectivity index is 1.75. The molecule has 3 rings (SSSR count). The van der Waals surface area contributed by atoms with E-state index in [1.807, 2.05) is 12.1 Å². The summed E-state index contributed by atoms with van der Waals surface area (Å²) in [5.74, 6) is 0.826. The van der Waals surface area contributed by atoms with Crippen molar-refractivity contribution in [1.29, 1.82) is 0 Å². The summed E-state index contributed by atoms with van der Waals surface area (Å²) in [6.45, 7) is 2.54. The standard InChI is InChI=1S/C14H20N2O4S/c1-2-21(17,18)16-8-9-19-14-12(16)5-6-13(14)20-11-4-3-7-15-10-11/h3-4,7,10,12-14H,2,5-6,8-9H2,1H3/t12-,13+,14+/m1/s1. The number of pyridine rings is 1. The van der Waals surface area contributed by atoms with E-state index >= 15 is 0 Å². The number of hydrogen-bond donors (Lipinski definition) is 0. The number of ether oxygens (including phenoxy) is 2. The molecule has 0 amide bonds. The Bertz CT molecular complexity index is 578. The van der Waals surface area contributed by atoms with Gasteiger partial charge >= 0.3 is 0 Å². The first kappa shape index (κ1) is 14.7. The molecule has 0 unspecified atom stereocenters. The van der Waals surface area contributed by atoms with E-state index in [0.29, 0.717) is 18.9 Å². The molecule has 1 saturated heterocycles. The van der Waals surface area contributed by atoms with Crippen molar-refractivity contribution in [1.82, 2.24) is 9.29 Å². The number of aromatic nitrogens is 1. The van der Waals surface area contributed by atoms with Crippen molar-refractivity contribution in [2.45, 2.75) is 38.0 Å². The van der Waals surface area contributed by atoms with E-state index in [1.165, 1.54) is 0 Å². The fourth-order valence-electron chi connectivity index (χ4n) is 3.11. The maximum Gasteiger partial charge on any atom is 0.214 e. The average Bonchev–Trinajstić information content (AvgIpc) is 2.91. The van der Waals surface area contributed by atoms with Crippen LogP contribution in [0.2, 0.25) is 0 Å². The smallest absolute Gasteiger partial charge is 0.214 e. The van der Waals surface area contributed by atoms with Crippen LogP contribution in [0.15, 0.2) is 24.5 Å². The Morgan fingerprint density at radius 3 is 3.05 bits per heavy atom. The highest BCUT2D eigenvalue weighted by Gasteiger charge is 2.47. The molecule has 2 aliphatic rings. The van der Waals surface area contributed by atoms with Crippen LogP contribution >= 0.6 is 0 Å². The highest BCUT2D eigenvalue weighted by molar-refractivity contribution is 7.89. The lowest BCUT2D eigenvalue weighted by atomic mass is 10.1. The third-order valence-corrected chi connectivity index (χ3v) is 6.03. The van der Waals surface area contributed by atoms with Gasteiger partial charge in [-0.25, -0.2) is 8.42 Å². The fraction of sp³-hybridized carbons (Fsp3) is 0.643. The van der Waals surface area contributed by atoms with Gasteiger partial charge in [-0.15, -0.1) is 0 Å². The van der Waals surface area contributed by atoms with Crippen LogP contribution in [0.25, 0.3) is 0 Å². The number of nitrogens with zero attached hydrogens (tertiary/aromatic N) is 2. The van der Waals surface area contributed by atoms with Crippen molar-refractivity contribution in [3.8, 4) is 5.75 Å². The van der Waals surface area contributed by atoms with Gasteiger partial charge in [-0.05, 0) is 31.9 Å². The molecule has 0 spiro atoms. The van der Waals surface area contributed by atoms with Crippen molar-refractivity contribution in [2.24, 2.45) is 0 Å². The number of hydrogen-bond acceptors (Lipinski definition) is 5. The first-order chi connectivity index (χ1) is 10.1. The first-order valence-electron chi connectivity index (χ1n) is 7.29. The van der Waals surface area contributed by atoms with Gasteiger partial charge in [0.1, 0.15) is 18.0 Å². The van der Waals surface area contributed by atoms with Gasteiger partial charge in [-0.3, -0.25) is 4.98 Å². The largest absolute Gasteiger partial charge is 0.486 e. The normalized spacial score (nSPS) is 30.0. The molecule has 0 radical (unpaired) electrons. The summed E-state index contributed by atoms with van der Waals surface area (Å²) in [6, 6.07) is 3.56. The molecular formula is C14H20N2O4S. The summed E-state index contributed by atoms with van der Waals surface area (Å²) in [5.41, 5.74) is 0. The Morgan fingerprint density at radius 1 is 1.48 bits per heavy atom. The number of sulfonamides is 1. The molecule has 1 aliphatic heterocycles. The SMILES string of the molecule is CCS(=O)(=O)N1CCO[C@@H]2[C@@H](Oc3cccnc3)CC[C@H]21. The van der Waals surface area contributed by atoms with Gasteiger partial charge in [-0.1, -0.05) is 0 Å². The summed E-state index contributed by atoms with van der Waals surface area (Å²) >= 11 is 0. The topological polar surface area (TPSA) is 68.7 Å². The highest BCUT2D eigenvalue weighted by Crippen LogP contribution is 2.34. The molecule has 0 aromatic carbocycles. The lowest BCUT2D eigenvalue weighted by Gasteiger charge is -2.37. The summed E-state index contributed by atoms with van der Waals surface area (Å²) in [4.78, 5) is 4.03. The van der Waals surface area contributed by atoms with E-state index < -0.39 is 10.0 Å². The average molecular weight is 312 g/mol. The zero-order valence-corrected chi connectivity index (χ0v) is 12.8. The third-order valence-electron chi connectivity index (χ3n) is 4.13. The van der Waals surface area contributed by atoms with Crippen molar-refractivity contribution in [3.05, 3.63) is 24.5 Å². The summed E-state index contributed by atoms with van der Waals surface area (Å²) in [5, 5.41) is 0. The Kier molecular flexibility index (Phi) is 4.14. The Hall–Kier alpha value is -1.18. The second-order valence-electron chi connectivity index (χ2n) is 5.34. The Labute approximate surface area is 125 Å². The van der Waals surface area contributed by atoms with E-state index in [4.69, 9.17) is 9.47 Å². The monoisotopic (exact) mass is 312 g/mol. The Morgan fingerprint density at radius 2 is 2.33 bits per heavy atom. The minimum atomic E-state index is -3.19. The van der Waals surface area contributed by atoms with Crippen LogP contribution in [0.3, 0.4) is 0 Å². The van der Waals surface area contributed by atoms with Crippen molar-refractivity contribution < 1.29 is 17.9 Å². The van der Waals surface area contributed by atoms with E-state index in [1.54, 1.807) is 23.6 Å². The second-order valence-corrected chi connectivity index (χ2v) is 7.55. The van der Waals surface area contributed by atoms with Gasteiger partial charge < -0.3 is 9.47 Å². The third kappa shape index (κ3) is 2.90. The van der Waals surface area contributed by atoms with Gasteiger partial charge in [0.15, 0.2) is 0 Å². The molecular weight excluding hydrogens is 292 g/mol. The highest BCUT2D eigenvalue weighted by atomic mass is 32.2. The molecule has 116 valence electrons. The lowest BCUT2D eigenvalue weighted by Crippen LogP contribution is -2.54. The van der Waals surface area contributed by atoms with E-state index in [0.717, 1.165) is 12.8 Å². The molecule has 0 N–H and O–H groups in total. The molecule has 2 fully saturated rings. The number of morpholine rings is 1. The minimum absolute atomic E-state index is 0.106. The van der Waals surface area contributed by atoms with Crippen molar-refractivity contribution in [2.75, 3.05) is 18.9 Å². The van der Waals surface area contributed by atoms with Crippen LogP contribution in [0.4, 0.5) is 0 Å². The van der Waals surface area contributed by atoms with Gasteiger partial charge in [0, 0.05) is 12.7 Å². The molecule has 2 heterocycles. The maximum absolute atomic E-state index is 12.2. The van der Waals surface area contributed by atoms with E-state index in [9.17, 15) is 8.42 Å². The summed E-state index contributed by atoms with van der Waals surface area (Å²) in [6.07, 6.45) is 4.61. The lowest BCUT2D eigenvalue weighted by molar-refractivity contribution is -0.0660. The van der Waals surface area contributed by atoms with Crippen molar-refractivity contribution in [3.63, 3.8) is 0 Å². The molecule has 1 aliphatic carbocycles. The molecule has 1 aromatic rings. The predicted molar refractivity (Wildman–Crippen MR) is 77.6 cm³/mol. The van der Waals surface area contributed by atoms with E-state index in [-0.39, 0.29) is 24.0 Å².